The van der Waals surface area contributed by atoms with Crippen molar-refractivity contribution < 1.29 is 9.15 Å². The lowest BCUT2D eigenvalue weighted by Gasteiger charge is -2.09. The second-order valence-electron chi connectivity index (χ2n) is 5.92. The van der Waals surface area contributed by atoms with Crippen molar-refractivity contribution in [3.05, 3.63) is 53.5 Å². The van der Waals surface area contributed by atoms with Gasteiger partial charge in [0.05, 0.1) is 6.54 Å². The number of ether oxygens (including phenoxy) is 1. The van der Waals surface area contributed by atoms with Crippen LogP contribution in [0.25, 0.3) is 0 Å². The zero-order valence-electron chi connectivity index (χ0n) is 13.3. The third kappa shape index (κ3) is 4.94. The molecule has 21 heavy (non-hydrogen) atoms. The Morgan fingerprint density at radius 3 is 2.52 bits per heavy atom. The highest BCUT2D eigenvalue weighted by Crippen LogP contribution is 2.21. The van der Waals surface area contributed by atoms with Gasteiger partial charge < -0.3 is 14.5 Å². The summed E-state index contributed by atoms with van der Waals surface area (Å²) in [7, 11) is 0. The van der Waals surface area contributed by atoms with Crippen LogP contribution in [0.3, 0.4) is 0 Å². The highest BCUT2D eigenvalue weighted by Gasteiger charge is 2.05. The maximum absolute atomic E-state index is 5.81. The van der Waals surface area contributed by atoms with Gasteiger partial charge in [0.1, 0.15) is 23.9 Å². The smallest absolute Gasteiger partial charge is 0.146 e. The molecule has 3 heteroatoms. The summed E-state index contributed by atoms with van der Waals surface area (Å²) in [5, 5.41) is 3.33. The van der Waals surface area contributed by atoms with E-state index >= 15 is 0 Å². The Kier molecular flexibility index (Phi) is 5.45. The maximum atomic E-state index is 5.81. The van der Waals surface area contributed by atoms with Crippen LogP contribution in [-0.2, 0) is 13.2 Å². The first-order chi connectivity index (χ1) is 10.0. The second kappa shape index (κ2) is 7.32. The summed E-state index contributed by atoms with van der Waals surface area (Å²) in [6, 6.07) is 12.7. The lowest BCUT2D eigenvalue weighted by atomic mass is 10.0. The average molecular weight is 287 g/mol. The van der Waals surface area contributed by atoms with Gasteiger partial charge in [-0.25, -0.2) is 0 Å². The molecule has 2 aromatic rings. The predicted molar refractivity (Wildman–Crippen MR) is 85.5 cm³/mol. The Morgan fingerprint density at radius 2 is 1.81 bits per heavy atom. The van der Waals surface area contributed by atoms with Crippen molar-refractivity contribution in [3.63, 3.8) is 0 Å². The predicted octanol–water partition coefficient (Wildman–Crippen LogP) is 4.48. The van der Waals surface area contributed by atoms with E-state index in [2.05, 4.69) is 45.1 Å². The molecule has 1 aromatic carbocycles. The maximum Gasteiger partial charge on any atom is 0.146 e. The molecule has 114 valence electrons. The van der Waals surface area contributed by atoms with Gasteiger partial charge in [-0.3, -0.25) is 0 Å². The minimum absolute atomic E-state index is 0.452. The van der Waals surface area contributed by atoms with Gasteiger partial charge in [0.15, 0.2) is 0 Å². The molecule has 1 heterocycles. The third-order valence-corrected chi connectivity index (χ3v) is 3.31. The zero-order chi connectivity index (χ0) is 15.2. The molecule has 0 saturated heterocycles. The van der Waals surface area contributed by atoms with Gasteiger partial charge >= 0.3 is 0 Å². The first kappa shape index (κ1) is 15.6. The van der Waals surface area contributed by atoms with Crippen LogP contribution >= 0.6 is 0 Å². The number of furan rings is 1. The van der Waals surface area contributed by atoms with Gasteiger partial charge in [-0.15, -0.1) is 0 Å². The van der Waals surface area contributed by atoms with Crippen molar-refractivity contribution >= 4 is 0 Å². The number of benzene rings is 1. The largest absolute Gasteiger partial charge is 0.486 e. The summed E-state index contributed by atoms with van der Waals surface area (Å²) in [5.74, 6) is 3.19. The van der Waals surface area contributed by atoms with E-state index in [1.807, 2.05) is 24.3 Å². The van der Waals surface area contributed by atoms with Crippen LogP contribution in [-0.4, -0.2) is 6.04 Å². The van der Waals surface area contributed by atoms with Crippen molar-refractivity contribution in [2.45, 2.75) is 52.8 Å². The van der Waals surface area contributed by atoms with Crippen molar-refractivity contribution in [3.8, 4) is 5.75 Å². The molecule has 0 saturated carbocycles. The van der Waals surface area contributed by atoms with Gasteiger partial charge in [-0.1, -0.05) is 39.8 Å². The molecular formula is C18H25NO2. The Bertz CT molecular complexity index is 558. The molecule has 0 aliphatic carbocycles. The van der Waals surface area contributed by atoms with Gasteiger partial charge in [-0.05, 0) is 35.7 Å². The van der Waals surface area contributed by atoms with Gasteiger partial charge in [0, 0.05) is 6.04 Å². The molecule has 2 rings (SSSR count). The quantitative estimate of drug-likeness (QED) is 0.815. The van der Waals surface area contributed by atoms with Crippen LogP contribution in [0.4, 0.5) is 0 Å². The fourth-order valence-electron chi connectivity index (χ4n) is 2.02. The standard InChI is InChI=1S/C18H25NO2/c1-13(2)15-6-5-7-16(10-15)20-12-18-9-8-17(21-18)11-19-14(3)4/h5-10,13-14,19H,11-12H2,1-4H3. The molecule has 1 aromatic heterocycles. The second-order valence-corrected chi connectivity index (χ2v) is 5.92. The lowest BCUT2D eigenvalue weighted by Crippen LogP contribution is -2.21. The molecule has 0 aliphatic rings. The van der Waals surface area contributed by atoms with Crippen molar-refractivity contribution in [1.29, 1.82) is 0 Å². The van der Waals surface area contributed by atoms with Crippen LogP contribution in [0, 0.1) is 0 Å². The van der Waals surface area contributed by atoms with E-state index in [0.717, 1.165) is 23.8 Å². The normalized spacial score (nSPS) is 11.3. The number of nitrogens with one attached hydrogen (secondary N) is 1. The Morgan fingerprint density at radius 1 is 1.05 bits per heavy atom. The van der Waals surface area contributed by atoms with E-state index in [-0.39, 0.29) is 0 Å². The third-order valence-electron chi connectivity index (χ3n) is 3.31. The van der Waals surface area contributed by atoms with Crippen LogP contribution in [0.1, 0.15) is 50.7 Å². The average Bonchev–Trinajstić information content (AvgIpc) is 2.91. The Balaban J connectivity index is 1.89. The fourth-order valence-corrected chi connectivity index (χ4v) is 2.02. The molecular weight excluding hydrogens is 262 g/mol. The molecule has 0 spiro atoms. The summed E-state index contributed by atoms with van der Waals surface area (Å²) in [4.78, 5) is 0. The molecule has 0 unspecified atom stereocenters. The summed E-state index contributed by atoms with van der Waals surface area (Å²) in [5.41, 5.74) is 1.29. The number of hydrogen-bond acceptors (Lipinski definition) is 3. The minimum atomic E-state index is 0.452. The minimum Gasteiger partial charge on any atom is -0.486 e. The molecule has 3 nitrogen and oxygen atoms in total. The highest BCUT2D eigenvalue weighted by atomic mass is 16.5. The van der Waals surface area contributed by atoms with Crippen LogP contribution in [0.5, 0.6) is 5.75 Å². The summed E-state index contributed by atoms with van der Waals surface area (Å²) >= 11 is 0. The van der Waals surface area contributed by atoms with E-state index in [1.165, 1.54) is 5.56 Å². The topological polar surface area (TPSA) is 34.4 Å². The molecule has 0 fully saturated rings. The van der Waals surface area contributed by atoms with E-state index in [0.29, 0.717) is 18.6 Å². The molecule has 0 radical (unpaired) electrons. The van der Waals surface area contributed by atoms with E-state index < -0.39 is 0 Å². The van der Waals surface area contributed by atoms with E-state index in [1.54, 1.807) is 0 Å². The SMILES string of the molecule is CC(C)NCc1ccc(COc2cccc(C(C)C)c2)o1. The summed E-state index contributed by atoms with van der Waals surface area (Å²) in [6.45, 7) is 9.81. The van der Waals surface area contributed by atoms with E-state index in [4.69, 9.17) is 9.15 Å². The Hall–Kier alpha value is -1.74. The van der Waals surface area contributed by atoms with Crippen LogP contribution < -0.4 is 10.1 Å². The Labute approximate surface area is 127 Å². The number of hydrogen-bond donors (Lipinski definition) is 1. The van der Waals surface area contributed by atoms with Gasteiger partial charge in [0.2, 0.25) is 0 Å². The van der Waals surface area contributed by atoms with Crippen molar-refractivity contribution in [1.82, 2.24) is 5.32 Å². The number of rotatable bonds is 7. The highest BCUT2D eigenvalue weighted by molar-refractivity contribution is 5.30. The van der Waals surface area contributed by atoms with E-state index in [9.17, 15) is 0 Å². The molecule has 0 amide bonds. The van der Waals surface area contributed by atoms with Gasteiger partial charge in [0.25, 0.3) is 0 Å². The zero-order valence-corrected chi connectivity index (χ0v) is 13.3. The summed E-state index contributed by atoms with van der Waals surface area (Å²) < 4.78 is 11.6. The summed E-state index contributed by atoms with van der Waals surface area (Å²) in [6.07, 6.45) is 0. The fraction of sp³-hybridized carbons (Fsp3) is 0.444. The lowest BCUT2D eigenvalue weighted by molar-refractivity contribution is 0.264. The molecule has 0 atom stereocenters. The molecule has 0 bridgehead atoms. The van der Waals surface area contributed by atoms with Gasteiger partial charge in [-0.2, -0.15) is 0 Å². The molecule has 0 aliphatic heterocycles. The monoisotopic (exact) mass is 287 g/mol. The first-order valence-corrected chi connectivity index (χ1v) is 7.58. The van der Waals surface area contributed by atoms with Crippen molar-refractivity contribution in [2.24, 2.45) is 0 Å². The van der Waals surface area contributed by atoms with Crippen molar-refractivity contribution in [2.75, 3.05) is 0 Å². The van der Waals surface area contributed by atoms with Crippen LogP contribution in [0.15, 0.2) is 40.8 Å². The van der Waals surface area contributed by atoms with Crippen LogP contribution in [0.2, 0.25) is 0 Å². The molecule has 1 N–H and O–H groups in total. The first-order valence-electron chi connectivity index (χ1n) is 7.58.